The minimum Gasteiger partial charge on any atom is -0.468 e. The first kappa shape index (κ1) is 11.9. The van der Waals surface area contributed by atoms with Gasteiger partial charge in [0.1, 0.15) is 12.4 Å². The topological polar surface area (TPSA) is 59.9 Å². The van der Waals surface area contributed by atoms with E-state index in [9.17, 15) is 4.79 Å². The first-order chi connectivity index (χ1) is 7.10. The Labute approximate surface area is 93.4 Å². The zero-order chi connectivity index (χ0) is 11.4. The Hall–Kier alpha value is -1.17. The summed E-state index contributed by atoms with van der Waals surface area (Å²) in [5.74, 6) is 0.743. The third kappa shape index (κ3) is 2.65. The second-order valence-corrected chi connectivity index (χ2v) is 3.75. The lowest BCUT2D eigenvalue weighted by atomic mass is 10.1. The molecule has 0 radical (unpaired) electrons. The molecule has 5 nitrogen and oxygen atoms in total. The predicted molar refractivity (Wildman–Crippen MR) is 58.1 cm³/mol. The van der Waals surface area contributed by atoms with Gasteiger partial charge in [0.2, 0.25) is 0 Å². The highest BCUT2D eigenvalue weighted by molar-refractivity contribution is 7.71. The SMILES string of the molecule is CCC(C)c1n[nH]c(=S)n1CC(=O)OC. The van der Waals surface area contributed by atoms with Gasteiger partial charge in [-0.25, -0.2) is 0 Å². The van der Waals surface area contributed by atoms with Crippen LogP contribution in [0.3, 0.4) is 0 Å². The molecule has 0 aliphatic rings. The Balaban J connectivity index is 2.99. The third-order valence-corrected chi connectivity index (χ3v) is 2.67. The van der Waals surface area contributed by atoms with E-state index in [1.54, 1.807) is 4.57 Å². The van der Waals surface area contributed by atoms with Gasteiger partial charge in [-0.3, -0.25) is 14.5 Å². The van der Waals surface area contributed by atoms with E-state index in [-0.39, 0.29) is 18.4 Å². The largest absolute Gasteiger partial charge is 0.468 e. The van der Waals surface area contributed by atoms with Crippen LogP contribution in [0.15, 0.2) is 0 Å². The minimum atomic E-state index is -0.322. The van der Waals surface area contributed by atoms with Crippen molar-refractivity contribution in [3.05, 3.63) is 10.6 Å². The molecule has 1 N–H and O–H groups in total. The van der Waals surface area contributed by atoms with Crippen LogP contribution in [-0.4, -0.2) is 27.8 Å². The van der Waals surface area contributed by atoms with Crippen molar-refractivity contribution in [1.29, 1.82) is 0 Å². The predicted octanol–water partition coefficient (Wildman–Crippen LogP) is 1.63. The summed E-state index contributed by atoms with van der Waals surface area (Å²) in [6.07, 6.45) is 0.945. The summed E-state index contributed by atoms with van der Waals surface area (Å²) in [4.78, 5) is 11.2. The van der Waals surface area contributed by atoms with E-state index < -0.39 is 0 Å². The Kier molecular flexibility index (Phi) is 4.02. The van der Waals surface area contributed by atoms with Crippen LogP contribution in [0.4, 0.5) is 0 Å². The van der Waals surface area contributed by atoms with Gasteiger partial charge in [0.15, 0.2) is 4.77 Å². The summed E-state index contributed by atoms with van der Waals surface area (Å²) < 4.78 is 6.73. The molecule has 6 heteroatoms. The van der Waals surface area contributed by atoms with Gasteiger partial charge in [-0.05, 0) is 18.6 Å². The van der Waals surface area contributed by atoms with Gasteiger partial charge in [0.05, 0.1) is 7.11 Å². The zero-order valence-corrected chi connectivity index (χ0v) is 9.93. The Morgan fingerprint density at radius 3 is 2.93 bits per heavy atom. The van der Waals surface area contributed by atoms with E-state index in [4.69, 9.17) is 12.2 Å². The summed E-state index contributed by atoms with van der Waals surface area (Å²) in [5.41, 5.74) is 0. The molecular weight excluding hydrogens is 214 g/mol. The Morgan fingerprint density at radius 2 is 2.40 bits per heavy atom. The first-order valence-electron chi connectivity index (χ1n) is 4.82. The van der Waals surface area contributed by atoms with Crippen molar-refractivity contribution >= 4 is 18.2 Å². The van der Waals surface area contributed by atoms with Crippen LogP contribution in [0, 0.1) is 4.77 Å². The maximum Gasteiger partial charge on any atom is 0.325 e. The lowest BCUT2D eigenvalue weighted by Crippen LogP contribution is -2.15. The van der Waals surface area contributed by atoms with Crippen LogP contribution in [0.25, 0.3) is 0 Å². The average Bonchev–Trinajstić information content (AvgIpc) is 2.59. The highest BCUT2D eigenvalue weighted by Crippen LogP contribution is 2.16. The Morgan fingerprint density at radius 1 is 1.73 bits per heavy atom. The summed E-state index contributed by atoms with van der Waals surface area (Å²) in [6.45, 7) is 4.22. The van der Waals surface area contributed by atoms with Crippen molar-refractivity contribution in [2.75, 3.05) is 7.11 Å². The van der Waals surface area contributed by atoms with Crippen LogP contribution < -0.4 is 0 Å². The molecule has 1 atom stereocenters. The molecule has 0 aliphatic carbocycles. The number of methoxy groups -OCH3 is 1. The fourth-order valence-corrected chi connectivity index (χ4v) is 1.44. The fourth-order valence-electron chi connectivity index (χ4n) is 1.24. The minimum absolute atomic E-state index is 0.117. The van der Waals surface area contributed by atoms with Crippen molar-refractivity contribution in [3.8, 4) is 0 Å². The van der Waals surface area contributed by atoms with Crippen molar-refractivity contribution in [3.63, 3.8) is 0 Å². The number of nitrogens with zero attached hydrogens (tertiary/aromatic N) is 2. The van der Waals surface area contributed by atoms with Crippen LogP contribution >= 0.6 is 12.2 Å². The van der Waals surface area contributed by atoms with Crippen LogP contribution in [0.5, 0.6) is 0 Å². The maximum atomic E-state index is 11.2. The number of rotatable bonds is 4. The molecule has 0 spiro atoms. The zero-order valence-electron chi connectivity index (χ0n) is 9.11. The smallest absolute Gasteiger partial charge is 0.325 e. The highest BCUT2D eigenvalue weighted by atomic mass is 32.1. The standard InChI is InChI=1S/C9H15N3O2S/c1-4-6(2)8-10-11-9(15)12(8)5-7(13)14-3/h6H,4-5H2,1-3H3,(H,11,15). The molecule has 0 saturated heterocycles. The number of hydrogen-bond acceptors (Lipinski definition) is 4. The lowest BCUT2D eigenvalue weighted by Gasteiger charge is -2.09. The number of aromatic nitrogens is 3. The molecule has 0 bridgehead atoms. The molecule has 1 rings (SSSR count). The van der Waals surface area contributed by atoms with Gasteiger partial charge in [0, 0.05) is 5.92 Å². The quantitative estimate of drug-likeness (QED) is 0.629. The average molecular weight is 229 g/mol. The number of esters is 1. The van der Waals surface area contributed by atoms with E-state index in [1.807, 2.05) is 6.92 Å². The summed E-state index contributed by atoms with van der Waals surface area (Å²) >= 11 is 5.04. The second-order valence-electron chi connectivity index (χ2n) is 3.36. The van der Waals surface area contributed by atoms with Crippen LogP contribution in [0.1, 0.15) is 32.0 Å². The van der Waals surface area contributed by atoms with E-state index in [2.05, 4.69) is 21.9 Å². The molecule has 0 aliphatic heterocycles. The number of hydrogen-bond donors (Lipinski definition) is 1. The van der Waals surface area contributed by atoms with E-state index in [0.29, 0.717) is 4.77 Å². The molecule has 1 unspecified atom stereocenters. The molecule has 1 aromatic heterocycles. The van der Waals surface area contributed by atoms with Gasteiger partial charge >= 0.3 is 5.97 Å². The number of aromatic amines is 1. The normalized spacial score (nSPS) is 12.5. The maximum absolute atomic E-state index is 11.2. The van der Waals surface area contributed by atoms with Crippen molar-refractivity contribution in [2.24, 2.45) is 0 Å². The summed E-state index contributed by atoms with van der Waals surface area (Å²) in [7, 11) is 1.36. The Bertz CT molecular complexity index is 396. The van der Waals surface area contributed by atoms with Crippen molar-refractivity contribution in [1.82, 2.24) is 14.8 Å². The second kappa shape index (κ2) is 5.06. The molecule has 0 fully saturated rings. The fraction of sp³-hybridized carbons (Fsp3) is 0.667. The van der Waals surface area contributed by atoms with Gasteiger partial charge in [0.25, 0.3) is 0 Å². The van der Waals surface area contributed by atoms with Gasteiger partial charge in [-0.2, -0.15) is 5.10 Å². The van der Waals surface area contributed by atoms with E-state index in [1.165, 1.54) is 7.11 Å². The monoisotopic (exact) mass is 229 g/mol. The number of nitrogens with one attached hydrogen (secondary N) is 1. The summed E-state index contributed by atoms with van der Waals surface area (Å²) in [5, 5.41) is 6.80. The van der Waals surface area contributed by atoms with Crippen LogP contribution in [0.2, 0.25) is 0 Å². The van der Waals surface area contributed by atoms with Gasteiger partial charge in [-0.1, -0.05) is 13.8 Å². The lowest BCUT2D eigenvalue weighted by molar-refractivity contribution is -0.141. The molecule has 1 aromatic rings. The molecule has 1 heterocycles. The molecule has 84 valence electrons. The molecule has 15 heavy (non-hydrogen) atoms. The van der Waals surface area contributed by atoms with E-state index in [0.717, 1.165) is 12.2 Å². The molecular formula is C9H15N3O2S. The van der Waals surface area contributed by atoms with Crippen molar-refractivity contribution in [2.45, 2.75) is 32.7 Å². The number of H-pyrrole nitrogens is 1. The van der Waals surface area contributed by atoms with Crippen molar-refractivity contribution < 1.29 is 9.53 Å². The highest BCUT2D eigenvalue weighted by Gasteiger charge is 2.14. The molecule has 0 amide bonds. The van der Waals surface area contributed by atoms with Gasteiger partial charge in [-0.15, -0.1) is 0 Å². The number of carbonyl (C=O) groups excluding carboxylic acids is 1. The first-order valence-corrected chi connectivity index (χ1v) is 5.22. The third-order valence-electron chi connectivity index (χ3n) is 2.36. The number of carbonyl (C=O) groups is 1. The molecule has 0 saturated carbocycles. The van der Waals surface area contributed by atoms with Crippen LogP contribution in [-0.2, 0) is 16.1 Å². The number of ether oxygens (including phenoxy) is 1. The molecule has 0 aromatic carbocycles. The van der Waals surface area contributed by atoms with E-state index >= 15 is 0 Å². The van der Waals surface area contributed by atoms with Gasteiger partial charge < -0.3 is 4.74 Å². The summed E-state index contributed by atoms with van der Waals surface area (Å²) in [6, 6.07) is 0.